The van der Waals surface area contributed by atoms with Crippen LogP contribution in [0.25, 0.3) is 11.2 Å². The van der Waals surface area contributed by atoms with Crippen LogP contribution in [0.5, 0.6) is 0 Å². The highest BCUT2D eigenvalue weighted by molar-refractivity contribution is 5.75. The Balaban J connectivity index is 2.06. The summed E-state index contributed by atoms with van der Waals surface area (Å²) in [4.78, 5) is 11.8. The molecule has 3 heterocycles. The van der Waals surface area contributed by atoms with Crippen molar-refractivity contribution in [3.63, 3.8) is 0 Å². The first-order valence-electron chi connectivity index (χ1n) is 5.87. The van der Waals surface area contributed by atoms with Gasteiger partial charge in [-0.25, -0.2) is 15.0 Å². The number of aliphatic hydroxyl groups excluding tert-OH is 3. The molecule has 1 unspecified atom stereocenters. The van der Waals surface area contributed by atoms with Gasteiger partial charge in [0, 0.05) is 0 Å². The summed E-state index contributed by atoms with van der Waals surface area (Å²) in [7, 11) is 0. The zero-order chi connectivity index (χ0) is 14.3. The van der Waals surface area contributed by atoms with Crippen molar-refractivity contribution in [1.82, 2.24) is 19.5 Å². The van der Waals surface area contributed by atoms with Gasteiger partial charge in [-0.2, -0.15) is 5.26 Å². The van der Waals surface area contributed by atoms with Crippen LogP contribution < -0.4 is 0 Å². The van der Waals surface area contributed by atoms with Gasteiger partial charge in [0.25, 0.3) is 0 Å². The summed E-state index contributed by atoms with van der Waals surface area (Å²) in [5.74, 6) is 0. The molecule has 20 heavy (non-hydrogen) atoms. The Bertz CT molecular complexity index is 681. The van der Waals surface area contributed by atoms with Crippen molar-refractivity contribution in [3.05, 3.63) is 18.3 Å². The minimum Gasteiger partial charge on any atom is -0.394 e. The smallest absolute Gasteiger partial charge is 0.171 e. The highest BCUT2D eigenvalue weighted by atomic mass is 16.6. The van der Waals surface area contributed by atoms with Gasteiger partial charge in [0.15, 0.2) is 17.6 Å². The van der Waals surface area contributed by atoms with Gasteiger partial charge in [-0.05, 0) is 0 Å². The fraction of sp³-hybridized carbons (Fsp3) is 0.455. The van der Waals surface area contributed by atoms with Crippen molar-refractivity contribution in [2.24, 2.45) is 0 Å². The lowest BCUT2D eigenvalue weighted by Gasteiger charge is -2.16. The molecule has 0 radical (unpaired) electrons. The van der Waals surface area contributed by atoms with Crippen LogP contribution in [0.4, 0.5) is 0 Å². The molecular formula is C11H11N5O4. The first-order valence-corrected chi connectivity index (χ1v) is 5.87. The van der Waals surface area contributed by atoms with Crippen molar-refractivity contribution in [3.8, 4) is 6.07 Å². The summed E-state index contributed by atoms with van der Waals surface area (Å²) < 4.78 is 6.79. The zero-order valence-corrected chi connectivity index (χ0v) is 10.2. The van der Waals surface area contributed by atoms with Gasteiger partial charge in [-0.15, -0.1) is 0 Å². The van der Waals surface area contributed by atoms with E-state index in [9.17, 15) is 10.2 Å². The predicted octanol–water partition coefficient (Wildman–Crippen LogP) is -1.69. The summed E-state index contributed by atoms with van der Waals surface area (Å²) in [5, 5.41) is 37.7. The number of hydrogen-bond acceptors (Lipinski definition) is 8. The van der Waals surface area contributed by atoms with Gasteiger partial charge >= 0.3 is 0 Å². The number of nitrogens with zero attached hydrogens (tertiary/aromatic N) is 5. The summed E-state index contributed by atoms with van der Waals surface area (Å²) in [6.45, 7) is -0.417. The summed E-state index contributed by atoms with van der Waals surface area (Å²) in [6, 6.07) is 1.89. The van der Waals surface area contributed by atoms with Crippen molar-refractivity contribution in [2.45, 2.75) is 24.5 Å². The summed E-state index contributed by atoms with van der Waals surface area (Å²) in [5.41, 5.74) is 0.708. The number of aromatic nitrogens is 4. The fourth-order valence-corrected chi connectivity index (χ4v) is 2.23. The Hall–Kier alpha value is -2.12. The van der Waals surface area contributed by atoms with Crippen LogP contribution in [0, 0.1) is 11.3 Å². The third kappa shape index (κ3) is 1.75. The normalized spacial score (nSPS) is 29.7. The molecule has 2 aromatic heterocycles. The number of imidazole rings is 1. The van der Waals surface area contributed by atoms with E-state index in [-0.39, 0.29) is 11.2 Å². The maximum absolute atomic E-state index is 9.97. The Kier molecular flexibility index (Phi) is 3.07. The molecule has 3 rings (SSSR count). The van der Waals surface area contributed by atoms with E-state index in [1.807, 2.05) is 6.07 Å². The third-order valence-corrected chi connectivity index (χ3v) is 3.26. The molecule has 4 atom stereocenters. The minimum absolute atomic E-state index is 0.112. The molecule has 0 bridgehead atoms. The molecule has 9 nitrogen and oxygen atoms in total. The average molecular weight is 277 g/mol. The monoisotopic (exact) mass is 277 g/mol. The summed E-state index contributed by atoms with van der Waals surface area (Å²) >= 11 is 0. The maximum atomic E-state index is 9.97. The second-order valence-electron chi connectivity index (χ2n) is 4.39. The van der Waals surface area contributed by atoms with E-state index in [4.69, 9.17) is 15.1 Å². The van der Waals surface area contributed by atoms with Gasteiger partial charge in [-0.1, -0.05) is 0 Å². The van der Waals surface area contributed by atoms with Crippen LogP contribution in [0.15, 0.2) is 12.7 Å². The van der Waals surface area contributed by atoms with E-state index < -0.39 is 31.1 Å². The third-order valence-electron chi connectivity index (χ3n) is 3.26. The Morgan fingerprint density at radius 2 is 2.10 bits per heavy atom. The zero-order valence-electron chi connectivity index (χ0n) is 10.2. The molecule has 104 valence electrons. The van der Waals surface area contributed by atoms with E-state index in [2.05, 4.69) is 15.0 Å². The minimum atomic E-state index is -1.23. The Morgan fingerprint density at radius 3 is 2.75 bits per heavy atom. The van der Waals surface area contributed by atoms with Crippen molar-refractivity contribution in [1.29, 1.82) is 5.26 Å². The van der Waals surface area contributed by atoms with Gasteiger partial charge in [0.1, 0.15) is 36.2 Å². The summed E-state index contributed by atoms with van der Waals surface area (Å²) in [6.07, 6.45) is -1.70. The molecule has 1 aliphatic rings. The molecule has 0 amide bonds. The standard InChI is InChI=1S/C11H11N5O4/c12-1-5-7-10(14-3-13-5)16(4-15-7)11-9(19)8(18)6(2-17)20-11/h3-4,6,8-9,11,17-19H,2H2/t6-,8-,9-,11?/m1/s1. The van der Waals surface area contributed by atoms with E-state index in [0.29, 0.717) is 5.65 Å². The highest BCUT2D eigenvalue weighted by Crippen LogP contribution is 2.31. The molecule has 0 spiro atoms. The topological polar surface area (TPSA) is 137 Å². The Morgan fingerprint density at radius 1 is 1.30 bits per heavy atom. The van der Waals surface area contributed by atoms with Gasteiger partial charge in [0.05, 0.1) is 12.9 Å². The lowest BCUT2D eigenvalue weighted by molar-refractivity contribution is -0.0511. The molecule has 1 fully saturated rings. The van der Waals surface area contributed by atoms with Crippen LogP contribution in [0.2, 0.25) is 0 Å². The number of ether oxygens (including phenoxy) is 1. The quantitative estimate of drug-likeness (QED) is 0.591. The second kappa shape index (κ2) is 4.77. The number of fused-ring (bicyclic) bond motifs is 1. The number of nitriles is 1. The fourth-order valence-electron chi connectivity index (χ4n) is 2.23. The van der Waals surface area contributed by atoms with Crippen LogP contribution in [0.1, 0.15) is 11.9 Å². The van der Waals surface area contributed by atoms with Crippen LogP contribution in [0.3, 0.4) is 0 Å². The van der Waals surface area contributed by atoms with E-state index in [0.717, 1.165) is 0 Å². The van der Waals surface area contributed by atoms with E-state index >= 15 is 0 Å². The van der Waals surface area contributed by atoms with Gasteiger partial charge in [-0.3, -0.25) is 4.57 Å². The van der Waals surface area contributed by atoms with Crippen molar-refractivity contribution >= 4 is 11.2 Å². The first-order chi connectivity index (χ1) is 9.67. The van der Waals surface area contributed by atoms with E-state index in [1.54, 1.807) is 0 Å². The van der Waals surface area contributed by atoms with Crippen molar-refractivity contribution in [2.75, 3.05) is 6.61 Å². The van der Waals surface area contributed by atoms with E-state index in [1.165, 1.54) is 17.2 Å². The molecule has 0 aromatic carbocycles. The molecular weight excluding hydrogens is 266 g/mol. The number of hydrogen-bond donors (Lipinski definition) is 3. The van der Waals surface area contributed by atoms with Gasteiger partial charge in [0.2, 0.25) is 0 Å². The molecule has 0 aliphatic carbocycles. The SMILES string of the molecule is N#Cc1ncnc2c1ncn2C1O[C@H](CO)[C@@H](O)[C@H]1O. The maximum Gasteiger partial charge on any atom is 0.171 e. The average Bonchev–Trinajstić information content (AvgIpc) is 3.01. The van der Waals surface area contributed by atoms with Gasteiger partial charge < -0.3 is 20.1 Å². The molecule has 3 N–H and O–H groups in total. The molecule has 1 aliphatic heterocycles. The number of aliphatic hydroxyl groups is 3. The Labute approximate surface area is 112 Å². The predicted molar refractivity (Wildman–Crippen MR) is 63.0 cm³/mol. The first kappa shape index (κ1) is 12.9. The highest BCUT2D eigenvalue weighted by Gasteiger charge is 2.43. The van der Waals surface area contributed by atoms with Crippen molar-refractivity contribution < 1.29 is 20.1 Å². The molecule has 2 aromatic rings. The van der Waals surface area contributed by atoms with Crippen LogP contribution in [-0.2, 0) is 4.74 Å². The second-order valence-corrected chi connectivity index (χ2v) is 4.39. The van der Waals surface area contributed by atoms with Crippen LogP contribution in [-0.4, -0.2) is 59.8 Å². The van der Waals surface area contributed by atoms with Crippen LogP contribution >= 0.6 is 0 Å². The molecule has 1 saturated heterocycles. The molecule has 0 saturated carbocycles. The largest absolute Gasteiger partial charge is 0.394 e. The lowest BCUT2D eigenvalue weighted by Crippen LogP contribution is -2.33. The number of rotatable bonds is 2. The lowest BCUT2D eigenvalue weighted by atomic mass is 10.1. The molecule has 9 heteroatoms.